The molecule has 0 saturated heterocycles. The van der Waals surface area contributed by atoms with Crippen LogP contribution in [0.1, 0.15) is 0 Å². The molecule has 0 saturated carbocycles. The first kappa shape index (κ1) is 12.5. The number of nitrogens with two attached hydrogens (primary N) is 1. The fraction of sp³-hybridized carbons (Fsp3) is 0.300. The van der Waals surface area contributed by atoms with E-state index in [1.165, 1.54) is 11.8 Å². The van der Waals surface area contributed by atoms with E-state index >= 15 is 0 Å². The van der Waals surface area contributed by atoms with Crippen LogP contribution in [0, 0.1) is 0 Å². The van der Waals surface area contributed by atoms with Gasteiger partial charge in [0.05, 0.1) is 14.2 Å². The van der Waals surface area contributed by atoms with Crippen molar-refractivity contribution in [3.63, 3.8) is 0 Å². The van der Waals surface area contributed by atoms with Gasteiger partial charge in [-0.2, -0.15) is 0 Å². The minimum Gasteiger partial charge on any atom is -0.493 e. The van der Waals surface area contributed by atoms with Crippen molar-refractivity contribution in [1.29, 1.82) is 0 Å². The Morgan fingerprint density at radius 2 is 1.89 bits per heavy atom. The summed E-state index contributed by atoms with van der Waals surface area (Å²) in [5.74, 6) is 1.21. The topological polar surface area (TPSA) is 88.1 Å². The molecular weight excluding hydrogens is 254 g/mol. The number of aryl methyl sites for hydroxylation is 1. The Kier molecular flexibility index (Phi) is 3.56. The zero-order chi connectivity index (χ0) is 13.1. The van der Waals surface area contributed by atoms with E-state index in [-0.39, 0.29) is 0 Å². The number of hydrogen-bond acceptors (Lipinski definition) is 7. The second-order valence-corrected chi connectivity index (χ2v) is 4.44. The Hall–Kier alpha value is -1.96. The van der Waals surface area contributed by atoms with Gasteiger partial charge in [0.2, 0.25) is 5.16 Å². The molecule has 2 N–H and O–H groups in total. The number of tetrazole rings is 1. The summed E-state index contributed by atoms with van der Waals surface area (Å²) >= 11 is 1.36. The average molecular weight is 267 g/mol. The molecule has 8 heteroatoms. The van der Waals surface area contributed by atoms with Crippen molar-refractivity contribution in [2.45, 2.75) is 10.1 Å². The summed E-state index contributed by atoms with van der Waals surface area (Å²) in [6, 6.07) is 3.51. The number of methoxy groups -OCH3 is 2. The maximum absolute atomic E-state index is 5.95. The van der Waals surface area contributed by atoms with Crippen LogP contribution in [0.5, 0.6) is 11.5 Å². The molecule has 0 aliphatic rings. The van der Waals surface area contributed by atoms with E-state index in [1.807, 2.05) is 0 Å². The predicted octanol–water partition coefficient (Wildman–Crippen LogP) is 0.961. The molecule has 7 nitrogen and oxygen atoms in total. The van der Waals surface area contributed by atoms with Crippen molar-refractivity contribution >= 4 is 17.4 Å². The molecular formula is C10H13N5O2S. The van der Waals surface area contributed by atoms with Crippen LogP contribution in [-0.4, -0.2) is 34.4 Å². The summed E-state index contributed by atoms with van der Waals surface area (Å²) in [6.45, 7) is 0. The highest BCUT2D eigenvalue weighted by Gasteiger charge is 2.13. The van der Waals surface area contributed by atoms with Gasteiger partial charge in [-0.3, -0.25) is 0 Å². The lowest BCUT2D eigenvalue weighted by molar-refractivity contribution is 0.354. The summed E-state index contributed by atoms with van der Waals surface area (Å²) in [5.41, 5.74) is 6.54. The lowest BCUT2D eigenvalue weighted by Crippen LogP contribution is -1.97. The molecule has 0 aliphatic carbocycles. The third-order valence-corrected chi connectivity index (χ3v) is 3.40. The van der Waals surface area contributed by atoms with E-state index in [9.17, 15) is 0 Å². The van der Waals surface area contributed by atoms with Crippen LogP contribution in [0.25, 0.3) is 0 Å². The van der Waals surface area contributed by atoms with Crippen LogP contribution >= 0.6 is 11.8 Å². The Balaban J connectivity index is 2.36. The molecule has 0 spiro atoms. The first-order valence-corrected chi connectivity index (χ1v) is 5.89. The highest BCUT2D eigenvalue weighted by molar-refractivity contribution is 7.99. The zero-order valence-electron chi connectivity index (χ0n) is 10.2. The van der Waals surface area contributed by atoms with E-state index in [0.717, 1.165) is 4.90 Å². The monoisotopic (exact) mass is 267 g/mol. The number of benzene rings is 1. The minimum atomic E-state index is 0.584. The van der Waals surface area contributed by atoms with Crippen LogP contribution in [0.3, 0.4) is 0 Å². The standard InChI is InChI=1S/C10H13N5O2S/c1-15-10(12-13-14-15)18-9-5-8(17-3)7(16-2)4-6(9)11/h4-5H,11H2,1-3H3. The van der Waals surface area contributed by atoms with Gasteiger partial charge in [-0.1, -0.05) is 0 Å². The van der Waals surface area contributed by atoms with E-state index < -0.39 is 0 Å². The van der Waals surface area contributed by atoms with Crippen molar-refractivity contribution in [3.05, 3.63) is 12.1 Å². The van der Waals surface area contributed by atoms with Gasteiger partial charge in [-0.15, -0.1) is 5.10 Å². The van der Waals surface area contributed by atoms with Crippen molar-refractivity contribution in [2.24, 2.45) is 7.05 Å². The van der Waals surface area contributed by atoms with Gasteiger partial charge in [-0.25, -0.2) is 4.68 Å². The smallest absolute Gasteiger partial charge is 0.213 e. The fourth-order valence-electron chi connectivity index (χ4n) is 1.37. The fourth-order valence-corrected chi connectivity index (χ4v) is 2.16. The summed E-state index contributed by atoms with van der Waals surface area (Å²) < 4.78 is 12.0. The molecule has 0 atom stereocenters. The molecule has 0 fully saturated rings. The third-order valence-electron chi connectivity index (χ3n) is 2.30. The summed E-state index contributed by atoms with van der Waals surface area (Å²) in [5, 5.41) is 11.9. The van der Waals surface area contributed by atoms with E-state index in [0.29, 0.717) is 22.3 Å². The van der Waals surface area contributed by atoms with Crippen LogP contribution in [0.15, 0.2) is 22.2 Å². The molecule has 0 amide bonds. The van der Waals surface area contributed by atoms with Crippen LogP contribution in [-0.2, 0) is 7.05 Å². The predicted molar refractivity (Wildman–Crippen MR) is 66.9 cm³/mol. The van der Waals surface area contributed by atoms with Gasteiger partial charge in [0.15, 0.2) is 11.5 Å². The number of rotatable bonds is 4. The van der Waals surface area contributed by atoms with Gasteiger partial charge >= 0.3 is 0 Å². The van der Waals surface area contributed by atoms with E-state index in [2.05, 4.69) is 15.5 Å². The second-order valence-electron chi connectivity index (χ2n) is 3.43. The largest absolute Gasteiger partial charge is 0.493 e. The van der Waals surface area contributed by atoms with Gasteiger partial charge in [0, 0.05) is 29.8 Å². The third kappa shape index (κ3) is 2.33. The molecule has 0 bridgehead atoms. The molecule has 1 aromatic carbocycles. The van der Waals surface area contributed by atoms with Gasteiger partial charge in [0.25, 0.3) is 0 Å². The maximum Gasteiger partial charge on any atom is 0.213 e. The second kappa shape index (κ2) is 5.13. The molecule has 0 unspecified atom stereocenters. The molecule has 2 rings (SSSR count). The summed E-state index contributed by atoms with van der Waals surface area (Å²) in [7, 11) is 4.91. The Labute approximate surface area is 108 Å². The Morgan fingerprint density at radius 1 is 1.22 bits per heavy atom. The number of aromatic nitrogens is 4. The minimum absolute atomic E-state index is 0.584. The van der Waals surface area contributed by atoms with E-state index in [1.54, 1.807) is 38.1 Å². The number of anilines is 1. The van der Waals surface area contributed by atoms with Crippen LogP contribution in [0.4, 0.5) is 5.69 Å². The van der Waals surface area contributed by atoms with Gasteiger partial charge < -0.3 is 15.2 Å². The molecule has 0 radical (unpaired) electrons. The zero-order valence-corrected chi connectivity index (χ0v) is 11.1. The van der Waals surface area contributed by atoms with Crippen molar-refractivity contribution in [1.82, 2.24) is 20.2 Å². The van der Waals surface area contributed by atoms with Crippen LogP contribution in [0.2, 0.25) is 0 Å². The van der Waals surface area contributed by atoms with Crippen molar-refractivity contribution in [2.75, 3.05) is 20.0 Å². The highest BCUT2D eigenvalue weighted by Crippen LogP contribution is 2.38. The average Bonchev–Trinajstić information content (AvgIpc) is 2.77. The number of nitrogens with zero attached hydrogens (tertiary/aromatic N) is 4. The summed E-state index contributed by atoms with van der Waals surface area (Å²) in [6.07, 6.45) is 0. The molecule has 0 aliphatic heterocycles. The molecule has 96 valence electrons. The molecule has 18 heavy (non-hydrogen) atoms. The molecule has 1 aromatic heterocycles. The first-order valence-electron chi connectivity index (χ1n) is 5.07. The SMILES string of the molecule is COc1cc(N)c(Sc2nnnn2C)cc1OC. The number of nitrogen functional groups attached to an aromatic ring is 1. The van der Waals surface area contributed by atoms with Crippen LogP contribution < -0.4 is 15.2 Å². The lowest BCUT2D eigenvalue weighted by atomic mass is 10.3. The number of hydrogen-bond donors (Lipinski definition) is 1. The molecule has 2 aromatic rings. The maximum atomic E-state index is 5.95. The van der Waals surface area contributed by atoms with Crippen molar-refractivity contribution < 1.29 is 9.47 Å². The normalized spacial score (nSPS) is 10.4. The number of ether oxygens (including phenoxy) is 2. The van der Waals surface area contributed by atoms with Crippen molar-refractivity contribution in [3.8, 4) is 11.5 Å². The Bertz CT molecular complexity index is 557. The first-order chi connectivity index (χ1) is 8.65. The van der Waals surface area contributed by atoms with Gasteiger partial charge in [0.1, 0.15) is 0 Å². The van der Waals surface area contributed by atoms with E-state index in [4.69, 9.17) is 15.2 Å². The quantitative estimate of drug-likeness (QED) is 0.825. The lowest BCUT2D eigenvalue weighted by Gasteiger charge is -2.11. The Morgan fingerprint density at radius 3 is 2.44 bits per heavy atom. The highest BCUT2D eigenvalue weighted by atomic mass is 32.2. The molecule has 1 heterocycles. The van der Waals surface area contributed by atoms with Gasteiger partial charge in [-0.05, 0) is 22.2 Å². The summed E-state index contributed by atoms with van der Waals surface area (Å²) in [4.78, 5) is 0.811.